The van der Waals surface area contributed by atoms with Crippen LogP contribution in [0.1, 0.15) is 26.5 Å². The van der Waals surface area contributed by atoms with E-state index in [0.29, 0.717) is 31.3 Å². The highest BCUT2D eigenvalue weighted by atomic mass is 79.9. The molecule has 1 aromatic heterocycles. The summed E-state index contributed by atoms with van der Waals surface area (Å²) in [5.41, 5.74) is 1.45. The molecule has 0 aliphatic rings. The predicted octanol–water partition coefficient (Wildman–Crippen LogP) is 4.25. The number of carbonyl (C=O) groups is 1. The van der Waals surface area contributed by atoms with Crippen LogP contribution in [0.3, 0.4) is 0 Å². The fourth-order valence-corrected chi connectivity index (χ4v) is 4.42. The first-order valence-corrected chi connectivity index (χ1v) is 12.3. The van der Waals surface area contributed by atoms with Crippen molar-refractivity contribution in [2.24, 2.45) is 0 Å². The van der Waals surface area contributed by atoms with Crippen LogP contribution in [0.5, 0.6) is 0 Å². The molecule has 1 heterocycles. The molecule has 0 spiro atoms. The lowest BCUT2D eigenvalue weighted by Gasteiger charge is -2.22. The minimum absolute atomic E-state index is 0.0275. The Balaban J connectivity index is 2.04. The van der Waals surface area contributed by atoms with Crippen molar-refractivity contribution in [3.05, 3.63) is 74.5 Å². The van der Waals surface area contributed by atoms with Crippen molar-refractivity contribution in [1.29, 1.82) is 5.26 Å². The number of rotatable bonds is 6. The van der Waals surface area contributed by atoms with E-state index in [9.17, 15) is 17.6 Å². The van der Waals surface area contributed by atoms with Gasteiger partial charge in [0, 0.05) is 20.6 Å². The first-order chi connectivity index (χ1) is 14.6. The number of benzene rings is 2. The highest BCUT2D eigenvalue weighted by Gasteiger charge is 2.23. The number of nitriles is 1. The number of nitrogens with one attached hydrogen (secondary N) is 1. The first-order valence-electron chi connectivity index (χ1n) is 8.78. The molecule has 0 saturated heterocycles. The summed E-state index contributed by atoms with van der Waals surface area (Å²) in [5, 5.41) is 9.43. The van der Waals surface area contributed by atoms with Gasteiger partial charge in [-0.05, 0) is 43.3 Å². The maximum Gasteiger partial charge on any atom is 0.284 e. The molecule has 0 radical (unpaired) electrons. The number of hydrogen-bond acceptors (Lipinski definition) is 7. The van der Waals surface area contributed by atoms with Crippen LogP contribution in [0.15, 0.2) is 46.9 Å². The number of thiazole rings is 1. The number of carbonyl (C=O) groups excluding carboxylic acids is 1. The second-order valence-electron chi connectivity index (χ2n) is 6.59. The molecule has 0 bridgehead atoms. The smallest absolute Gasteiger partial charge is 0.284 e. The van der Waals surface area contributed by atoms with Gasteiger partial charge in [-0.15, -0.1) is 11.3 Å². The van der Waals surface area contributed by atoms with Crippen LogP contribution < -0.4 is 9.62 Å². The molecule has 1 amide bonds. The summed E-state index contributed by atoms with van der Waals surface area (Å²) >= 11 is 4.41. The van der Waals surface area contributed by atoms with Crippen molar-refractivity contribution in [2.75, 3.05) is 11.2 Å². The second-order valence-corrected chi connectivity index (χ2v) is 10.4. The number of anilines is 2. The molecule has 0 saturated carbocycles. The zero-order chi connectivity index (χ0) is 22.8. The quantitative estimate of drug-likeness (QED) is 0.518. The van der Waals surface area contributed by atoms with Gasteiger partial charge in [0.1, 0.15) is 11.5 Å². The topological polar surface area (TPSA) is 103 Å². The van der Waals surface area contributed by atoms with Crippen LogP contribution in [0.4, 0.5) is 15.2 Å². The summed E-state index contributed by atoms with van der Waals surface area (Å²) in [7, 11) is -3.75. The number of aromatic nitrogens is 1. The van der Waals surface area contributed by atoms with E-state index < -0.39 is 21.7 Å². The van der Waals surface area contributed by atoms with Crippen LogP contribution in [-0.4, -0.2) is 25.6 Å². The normalized spacial score (nSPS) is 11.1. The predicted molar refractivity (Wildman–Crippen MR) is 120 cm³/mol. The zero-order valence-corrected chi connectivity index (χ0v) is 19.6. The van der Waals surface area contributed by atoms with Gasteiger partial charge in [0.25, 0.3) is 5.91 Å². The van der Waals surface area contributed by atoms with Crippen LogP contribution in [0.2, 0.25) is 0 Å². The summed E-state index contributed by atoms with van der Waals surface area (Å²) in [6.07, 6.45) is 0.882. The largest absolute Gasteiger partial charge is 0.313 e. The Morgan fingerprint density at radius 1 is 1.29 bits per heavy atom. The van der Waals surface area contributed by atoms with Crippen molar-refractivity contribution < 1.29 is 17.6 Å². The Morgan fingerprint density at radius 2 is 1.97 bits per heavy atom. The Morgan fingerprint density at radius 3 is 2.55 bits per heavy atom. The number of amides is 1. The molecule has 31 heavy (non-hydrogen) atoms. The molecule has 0 aliphatic carbocycles. The van der Waals surface area contributed by atoms with Gasteiger partial charge in [-0.2, -0.15) is 5.26 Å². The number of hydrogen-bond donors (Lipinski definition) is 1. The molecule has 0 fully saturated rings. The summed E-state index contributed by atoms with van der Waals surface area (Å²) < 4.78 is 39.9. The van der Waals surface area contributed by atoms with E-state index in [1.807, 2.05) is 10.8 Å². The Kier molecular flexibility index (Phi) is 6.74. The molecular formula is C20H16BrFN4O3S2. The Labute approximate surface area is 191 Å². The molecular weight excluding hydrogens is 507 g/mol. The maximum atomic E-state index is 14.5. The van der Waals surface area contributed by atoms with Gasteiger partial charge in [-0.25, -0.2) is 22.5 Å². The molecule has 0 unspecified atom stereocenters. The molecule has 7 nitrogen and oxygen atoms in total. The van der Waals surface area contributed by atoms with Crippen molar-refractivity contribution in [3.8, 4) is 6.07 Å². The lowest BCUT2D eigenvalue weighted by Crippen LogP contribution is -2.30. The van der Waals surface area contributed by atoms with Gasteiger partial charge in [0.15, 0.2) is 5.13 Å². The highest BCUT2D eigenvalue weighted by Crippen LogP contribution is 2.34. The number of nitrogens with zero attached hydrogens (tertiary/aromatic N) is 3. The third-order valence-electron chi connectivity index (χ3n) is 4.16. The fourth-order valence-electron chi connectivity index (χ4n) is 2.73. The van der Waals surface area contributed by atoms with Crippen molar-refractivity contribution in [2.45, 2.75) is 13.5 Å². The van der Waals surface area contributed by atoms with Gasteiger partial charge in [0.05, 0.1) is 24.4 Å². The van der Waals surface area contributed by atoms with Crippen LogP contribution >= 0.6 is 27.3 Å². The summed E-state index contributed by atoms with van der Waals surface area (Å²) in [5.74, 6) is -1.26. The average molecular weight is 523 g/mol. The van der Waals surface area contributed by atoms with Crippen molar-refractivity contribution in [3.63, 3.8) is 0 Å². The molecule has 2 aromatic carbocycles. The van der Waals surface area contributed by atoms with Crippen molar-refractivity contribution in [1.82, 2.24) is 9.71 Å². The third kappa shape index (κ3) is 5.66. The lowest BCUT2D eigenvalue weighted by molar-refractivity contribution is 0.0977. The third-order valence-corrected chi connectivity index (χ3v) is 6.20. The number of aryl methyl sites for hydroxylation is 1. The monoisotopic (exact) mass is 522 g/mol. The van der Waals surface area contributed by atoms with E-state index in [2.05, 4.69) is 20.9 Å². The van der Waals surface area contributed by atoms with E-state index >= 15 is 0 Å². The second kappa shape index (κ2) is 9.13. The fraction of sp³-hybridized carbons (Fsp3) is 0.150. The molecule has 0 atom stereocenters. The molecule has 3 rings (SSSR count). The Bertz CT molecular complexity index is 1280. The van der Waals surface area contributed by atoms with Gasteiger partial charge in [-0.1, -0.05) is 22.0 Å². The zero-order valence-electron chi connectivity index (χ0n) is 16.4. The molecule has 160 valence electrons. The van der Waals surface area contributed by atoms with Gasteiger partial charge < -0.3 is 4.90 Å². The first kappa shape index (κ1) is 22.9. The van der Waals surface area contributed by atoms with Crippen molar-refractivity contribution >= 4 is 54.0 Å². The lowest BCUT2D eigenvalue weighted by atomic mass is 10.1. The standard InChI is InChI=1S/C20H16BrFN4O3S2/c1-12-18(19(27)25-31(2,28)29)24-20(30-12)26(16-7-3-13(10-23)4-8-16)11-14-5-6-15(21)9-17(14)22/h3-9H,11H2,1-2H3,(H,25,27). The van der Waals surface area contributed by atoms with E-state index in [1.165, 1.54) is 17.4 Å². The minimum atomic E-state index is -3.75. The molecule has 1 N–H and O–H groups in total. The van der Waals surface area contributed by atoms with E-state index in [1.54, 1.807) is 48.2 Å². The van der Waals surface area contributed by atoms with Crippen LogP contribution in [0.25, 0.3) is 0 Å². The number of halogens is 2. The summed E-state index contributed by atoms with van der Waals surface area (Å²) in [6.45, 7) is 1.75. The highest BCUT2D eigenvalue weighted by molar-refractivity contribution is 9.10. The summed E-state index contributed by atoms with van der Waals surface area (Å²) in [4.78, 5) is 18.9. The average Bonchev–Trinajstić information content (AvgIpc) is 3.08. The van der Waals surface area contributed by atoms with E-state index in [-0.39, 0.29) is 12.2 Å². The molecule has 11 heteroatoms. The van der Waals surface area contributed by atoms with E-state index in [0.717, 1.165) is 6.26 Å². The number of sulfonamides is 1. The Hall–Kier alpha value is -2.81. The maximum absolute atomic E-state index is 14.5. The van der Waals surface area contributed by atoms with Gasteiger partial charge >= 0.3 is 0 Å². The van der Waals surface area contributed by atoms with Gasteiger partial charge in [-0.3, -0.25) is 4.79 Å². The SMILES string of the molecule is Cc1sc(N(Cc2ccc(Br)cc2F)c2ccc(C#N)cc2)nc1C(=O)NS(C)(=O)=O. The van der Waals surface area contributed by atoms with Crippen LogP contribution in [-0.2, 0) is 16.6 Å². The summed E-state index contributed by atoms with van der Waals surface area (Å²) in [6, 6.07) is 13.4. The minimum Gasteiger partial charge on any atom is -0.313 e. The molecule has 0 aliphatic heterocycles. The van der Waals surface area contributed by atoms with Crippen LogP contribution in [0, 0.1) is 24.1 Å². The van der Waals surface area contributed by atoms with Gasteiger partial charge in [0.2, 0.25) is 10.0 Å². The van der Waals surface area contributed by atoms with E-state index in [4.69, 9.17) is 5.26 Å². The molecule has 3 aromatic rings.